The summed E-state index contributed by atoms with van der Waals surface area (Å²) in [4.78, 5) is 12.5. The Morgan fingerprint density at radius 3 is 2.17 bits per heavy atom. The fourth-order valence-corrected chi connectivity index (χ4v) is 3.48. The van der Waals surface area contributed by atoms with E-state index in [2.05, 4.69) is 22.3 Å². The first kappa shape index (κ1) is 22.0. The Kier molecular flexibility index (Phi) is 7.49. The quantitative estimate of drug-likeness (QED) is 0.552. The summed E-state index contributed by atoms with van der Waals surface area (Å²) in [6.07, 6.45) is -1.21. The van der Waals surface area contributed by atoms with E-state index in [9.17, 15) is 14.3 Å². The molecule has 4 N–H and O–H groups in total. The maximum absolute atomic E-state index is 13.3. The number of likely N-dealkylation sites (tertiary alicyclic amines) is 1. The molecule has 156 valence electrons. The molecule has 1 amide bonds. The van der Waals surface area contributed by atoms with Gasteiger partial charge in [0.05, 0.1) is 6.04 Å². The van der Waals surface area contributed by atoms with Gasteiger partial charge in [0.25, 0.3) is 5.91 Å². The number of halogens is 3. The molecule has 0 saturated carbocycles. The van der Waals surface area contributed by atoms with Crippen LogP contribution in [0.2, 0.25) is 0 Å². The summed E-state index contributed by atoms with van der Waals surface area (Å²) in [6, 6.07) is 14.6. The Hall–Kier alpha value is -1.70. The lowest BCUT2D eigenvalue weighted by Crippen LogP contribution is -2.54. The van der Waals surface area contributed by atoms with Crippen molar-refractivity contribution < 1.29 is 14.3 Å². The van der Waals surface area contributed by atoms with E-state index < -0.39 is 29.6 Å². The molecule has 8 heteroatoms. The minimum atomic E-state index is -1.32. The maximum atomic E-state index is 13.3. The van der Waals surface area contributed by atoms with Crippen molar-refractivity contribution in [3.63, 3.8) is 0 Å². The van der Waals surface area contributed by atoms with Gasteiger partial charge in [-0.05, 0) is 22.3 Å². The van der Waals surface area contributed by atoms with Crippen molar-refractivity contribution in [2.24, 2.45) is 5.73 Å². The van der Waals surface area contributed by atoms with E-state index in [1.165, 1.54) is 5.56 Å². The molecule has 5 nitrogen and oxygen atoms in total. The van der Waals surface area contributed by atoms with Gasteiger partial charge >= 0.3 is 0 Å². The normalized spacial score (nSPS) is 17.0. The van der Waals surface area contributed by atoms with Gasteiger partial charge in [-0.1, -0.05) is 71.7 Å². The number of amides is 1. The first-order chi connectivity index (χ1) is 13.9. The molecule has 2 atom stereocenters. The monoisotopic (exact) mass is 439 g/mol. The average Bonchev–Trinajstić information content (AvgIpc) is 2.70. The molecular weight excluding hydrogens is 416 g/mol. The van der Waals surface area contributed by atoms with Crippen LogP contribution in [0.3, 0.4) is 0 Å². The number of rotatable bonds is 8. The number of carbonyl (C=O) groups is 1. The highest BCUT2D eigenvalue weighted by Crippen LogP contribution is 2.25. The Bertz CT molecular complexity index is 812. The van der Waals surface area contributed by atoms with Crippen molar-refractivity contribution in [2.45, 2.75) is 29.6 Å². The first-order valence-electron chi connectivity index (χ1n) is 9.37. The molecule has 29 heavy (non-hydrogen) atoms. The smallest absolute Gasteiger partial charge is 0.253 e. The fourth-order valence-electron chi connectivity index (χ4n) is 3.35. The standard InChI is InChI=1S/C21H24Cl2FN3O2/c22-20(23)21(29)26-18(9-24)19(28)16-7-5-15(6-8-16)14-3-1-13(2-4-14)10-27-11-17(25)12-27/h1-8,17-20,28H,9-12,25H2,(H,26,29). The van der Waals surface area contributed by atoms with Crippen molar-refractivity contribution in [3.05, 3.63) is 59.7 Å². The molecule has 0 spiro atoms. The molecule has 0 radical (unpaired) electrons. The molecule has 1 heterocycles. The highest BCUT2D eigenvalue weighted by molar-refractivity contribution is 6.53. The summed E-state index contributed by atoms with van der Waals surface area (Å²) in [5, 5.41) is 12.7. The third-order valence-corrected chi connectivity index (χ3v) is 5.40. The molecule has 0 aliphatic carbocycles. The summed E-state index contributed by atoms with van der Waals surface area (Å²) in [5.74, 6) is -0.744. The van der Waals surface area contributed by atoms with E-state index in [1.54, 1.807) is 12.1 Å². The van der Waals surface area contributed by atoms with E-state index in [-0.39, 0.29) is 0 Å². The maximum Gasteiger partial charge on any atom is 0.253 e. The number of hydrogen-bond acceptors (Lipinski definition) is 4. The van der Waals surface area contributed by atoms with E-state index in [0.29, 0.717) is 11.6 Å². The molecule has 1 aliphatic rings. The van der Waals surface area contributed by atoms with Crippen molar-refractivity contribution in [2.75, 3.05) is 19.8 Å². The fraction of sp³-hybridized carbons (Fsp3) is 0.381. The molecule has 2 aromatic carbocycles. The topological polar surface area (TPSA) is 78.6 Å². The van der Waals surface area contributed by atoms with E-state index >= 15 is 0 Å². The molecule has 1 aliphatic heterocycles. The van der Waals surface area contributed by atoms with Gasteiger partial charge in [-0.25, -0.2) is 4.39 Å². The SMILES string of the molecule is NC1CN(Cc2ccc(-c3ccc(C(O)C(CF)NC(=O)C(Cl)Cl)cc3)cc2)C1. The number of aliphatic hydroxyl groups excluding tert-OH is 1. The van der Waals surface area contributed by atoms with Crippen molar-refractivity contribution in [1.82, 2.24) is 10.2 Å². The van der Waals surface area contributed by atoms with Crippen LogP contribution in [0.25, 0.3) is 11.1 Å². The number of benzene rings is 2. The van der Waals surface area contributed by atoms with Crippen molar-refractivity contribution in [3.8, 4) is 11.1 Å². The minimum absolute atomic E-state index is 0.291. The highest BCUT2D eigenvalue weighted by atomic mass is 35.5. The minimum Gasteiger partial charge on any atom is -0.386 e. The molecule has 0 aromatic heterocycles. The van der Waals surface area contributed by atoms with Crippen LogP contribution in [0.1, 0.15) is 17.2 Å². The number of nitrogens with two attached hydrogens (primary N) is 1. The Morgan fingerprint density at radius 2 is 1.69 bits per heavy atom. The van der Waals surface area contributed by atoms with Crippen LogP contribution >= 0.6 is 23.2 Å². The summed E-state index contributed by atoms with van der Waals surface area (Å²) in [7, 11) is 0. The van der Waals surface area contributed by atoms with Gasteiger partial charge < -0.3 is 16.2 Å². The number of nitrogens with one attached hydrogen (secondary N) is 1. The zero-order valence-electron chi connectivity index (χ0n) is 15.8. The largest absolute Gasteiger partial charge is 0.386 e. The van der Waals surface area contributed by atoms with Crippen LogP contribution in [0.5, 0.6) is 0 Å². The van der Waals surface area contributed by atoms with Crippen LogP contribution in [-0.2, 0) is 11.3 Å². The summed E-state index contributed by atoms with van der Waals surface area (Å²) < 4.78 is 13.3. The van der Waals surface area contributed by atoms with Crippen LogP contribution in [-0.4, -0.2) is 52.6 Å². The van der Waals surface area contributed by atoms with Gasteiger partial charge in [0.2, 0.25) is 0 Å². The molecule has 2 unspecified atom stereocenters. The zero-order valence-corrected chi connectivity index (χ0v) is 17.3. The molecular formula is C21H24Cl2FN3O2. The van der Waals surface area contributed by atoms with E-state index in [4.69, 9.17) is 28.9 Å². The van der Waals surface area contributed by atoms with Crippen LogP contribution in [0.4, 0.5) is 4.39 Å². The van der Waals surface area contributed by atoms with Gasteiger partial charge in [-0.3, -0.25) is 9.69 Å². The predicted molar refractivity (Wildman–Crippen MR) is 113 cm³/mol. The number of carbonyl (C=O) groups excluding carboxylic acids is 1. The van der Waals surface area contributed by atoms with Gasteiger partial charge in [0, 0.05) is 25.7 Å². The van der Waals surface area contributed by atoms with E-state index in [0.717, 1.165) is 30.8 Å². The molecule has 1 fully saturated rings. The molecule has 0 bridgehead atoms. The lowest BCUT2D eigenvalue weighted by molar-refractivity contribution is -0.121. The van der Waals surface area contributed by atoms with E-state index in [1.807, 2.05) is 24.3 Å². The average molecular weight is 440 g/mol. The van der Waals surface area contributed by atoms with Gasteiger partial charge in [0.1, 0.15) is 12.8 Å². The zero-order chi connectivity index (χ0) is 21.0. The Morgan fingerprint density at radius 1 is 1.14 bits per heavy atom. The number of nitrogens with zero attached hydrogens (tertiary/aromatic N) is 1. The second-order valence-electron chi connectivity index (χ2n) is 7.29. The van der Waals surface area contributed by atoms with Crippen LogP contribution < -0.4 is 11.1 Å². The Balaban J connectivity index is 1.63. The third-order valence-electron chi connectivity index (χ3n) is 5.00. The highest BCUT2D eigenvalue weighted by Gasteiger charge is 2.25. The van der Waals surface area contributed by atoms with Crippen molar-refractivity contribution in [1.29, 1.82) is 0 Å². The first-order valence-corrected chi connectivity index (χ1v) is 10.2. The second kappa shape index (κ2) is 9.87. The second-order valence-corrected chi connectivity index (χ2v) is 8.38. The summed E-state index contributed by atoms with van der Waals surface area (Å²) in [5.41, 5.74) is 9.54. The van der Waals surface area contributed by atoms with Gasteiger partial charge in [-0.15, -0.1) is 0 Å². The molecule has 1 saturated heterocycles. The summed E-state index contributed by atoms with van der Waals surface area (Å²) in [6.45, 7) is 1.81. The molecule has 3 rings (SSSR count). The van der Waals surface area contributed by atoms with Gasteiger partial charge in [-0.2, -0.15) is 0 Å². The van der Waals surface area contributed by atoms with Crippen molar-refractivity contribution >= 4 is 29.1 Å². The third kappa shape index (κ3) is 5.68. The van der Waals surface area contributed by atoms with Crippen LogP contribution in [0.15, 0.2) is 48.5 Å². The predicted octanol–water partition coefficient (Wildman–Crippen LogP) is 2.79. The number of alkyl halides is 3. The molecule has 2 aromatic rings. The lowest BCUT2D eigenvalue weighted by atomic mass is 9.98. The lowest BCUT2D eigenvalue weighted by Gasteiger charge is -2.36. The number of aliphatic hydroxyl groups is 1. The number of hydrogen-bond donors (Lipinski definition) is 3. The van der Waals surface area contributed by atoms with Gasteiger partial charge in [0.15, 0.2) is 4.84 Å². The Labute approximate surface area is 179 Å². The summed E-state index contributed by atoms with van der Waals surface area (Å²) >= 11 is 10.9. The van der Waals surface area contributed by atoms with Crippen LogP contribution in [0, 0.1) is 0 Å².